The molecule has 3 atom stereocenters. The molecule has 0 aliphatic carbocycles. The molecule has 0 heterocycles. The van der Waals surface area contributed by atoms with Crippen molar-refractivity contribution in [2.24, 2.45) is 0 Å². The molecule has 4 N–H and O–H groups in total. The fourth-order valence-electron chi connectivity index (χ4n) is 2.48. The molecule has 2 rings (SSSR count). The molecular weight excluding hydrogens is 384 g/mol. The minimum absolute atomic E-state index is 0. The van der Waals surface area contributed by atoms with E-state index in [1.165, 1.54) is 6.92 Å². The lowest BCUT2D eigenvalue weighted by Gasteiger charge is -2.24. The van der Waals surface area contributed by atoms with Gasteiger partial charge in [0.15, 0.2) is 0 Å². The van der Waals surface area contributed by atoms with Crippen molar-refractivity contribution in [1.29, 1.82) is 0 Å². The van der Waals surface area contributed by atoms with Crippen LogP contribution in [0.1, 0.15) is 32.9 Å². The number of halogens is 1. The lowest BCUT2D eigenvalue weighted by Crippen LogP contribution is -2.50. The van der Waals surface area contributed by atoms with Crippen molar-refractivity contribution >= 4 is 21.8 Å². The average Bonchev–Trinajstić information content (AvgIpc) is 2.59. The summed E-state index contributed by atoms with van der Waals surface area (Å²) in [7, 11) is 0. The minimum Gasteiger partial charge on any atom is -0.391 e. The first-order valence-electron chi connectivity index (χ1n) is 7.66. The summed E-state index contributed by atoms with van der Waals surface area (Å²) < 4.78 is 1.03. The molecule has 0 spiro atoms. The van der Waals surface area contributed by atoms with Gasteiger partial charge in [0.1, 0.15) is 6.04 Å². The summed E-state index contributed by atoms with van der Waals surface area (Å²) in [4.78, 5) is 11.6. The van der Waals surface area contributed by atoms with Gasteiger partial charge in [-0.2, -0.15) is 0 Å². The third kappa shape index (κ3) is 5.64. The number of carbonyl (C=O) groups excluding carboxylic acids is 1. The Kier molecular flexibility index (Phi) is 8.25. The molecule has 0 saturated heterocycles. The predicted octanol–water partition coefficient (Wildman–Crippen LogP) is 3.66. The number of aliphatic hydroxyl groups is 1. The lowest BCUT2D eigenvalue weighted by atomic mass is 10.0. The highest BCUT2D eigenvalue weighted by Crippen LogP contribution is 2.24. The normalized spacial score (nSPS) is 14.1. The van der Waals surface area contributed by atoms with Gasteiger partial charge in [-0.1, -0.05) is 59.8 Å². The van der Waals surface area contributed by atoms with E-state index in [1.54, 1.807) is 5.48 Å². The quantitative estimate of drug-likeness (QED) is 0.434. The van der Waals surface area contributed by atoms with Crippen molar-refractivity contribution in [2.75, 3.05) is 0 Å². The number of hydrogen-bond acceptors (Lipinski definition) is 4. The number of hydrogen-bond donors (Lipinski definition) is 4. The van der Waals surface area contributed by atoms with E-state index in [1.807, 2.05) is 55.5 Å². The maximum atomic E-state index is 11.6. The zero-order chi connectivity index (χ0) is 17.7. The summed E-state index contributed by atoms with van der Waals surface area (Å²) in [5.74, 6) is -0.664. The van der Waals surface area contributed by atoms with Gasteiger partial charge in [0.25, 0.3) is 5.91 Å². The highest BCUT2D eigenvalue weighted by atomic mass is 79.9. The van der Waals surface area contributed by atoms with Gasteiger partial charge in [-0.25, -0.2) is 5.48 Å². The Labute approximate surface area is 157 Å². The van der Waals surface area contributed by atoms with E-state index in [2.05, 4.69) is 21.2 Å². The molecule has 136 valence electrons. The first-order valence-corrected chi connectivity index (χ1v) is 8.45. The lowest BCUT2D eigenvalue weighted by molar-refractivity contribution is -0.134. The van der Waals surface area contributed by atoms with Crippen molar-refractivity contribution in [3.63, 3.8) is 0 Å². The Morgan fingerprint density at radius 1 is 1.00 bits per heavy atom. The summed E-state index contributed by atoms with van der Waals surface area (Å²) in [6, 6.07) is 15.0. The third-order valence-electron chi connectivity index (χ3n) is 3.89. The van der Waals surface area contributed by atoms with Crippen LogP contribution in [0.2, 0.25) is 0 Å². The van der Waals surface area contributed by atoms with Crippen molar-refractivity contribution in [1.82, 2.24) is 10.8 Å². The molecule has 2 aromatic carbocycles. The summed E-state index contributed by atoms with van der Waals surface area (Å²) in [5, 5.41) is 21.5. The van der Waals surface area contributed by atoms with Crippen LogP contribution in [0.4, 0.5) is 0 Å². The van der Waals surface area contributed by atoms with E-state index < -0.39 is 18.1 Å². The molecule has 5 nitrogen and oxygen atoms in total. The van der Waals surface area contributed by atoms with Gasteiger partial charge in [-0.05, 0) is 42.7 Å². The third-order valence-corrected chi connectivity index (χ3v) is 4.42. The van der Waals surface area contributed by atoms with Crippen LogP contribution in [0, 0.1) is 0 Å². The van der Waals surface area contributed by atoms with E-state index in [0.717, 1.165) is 21.2 Å². The monoisotopic (exact) mass is 408 g/mol. The number of hydroxylamine groups is 1. The van der Waals surface area contributed by atoms with Crippen LogP contribution in [0.5, 0.6) is 0 Å². The highest BCUT2D eigenvalue weighted by molar-refractivity contribution is 9.10. The molecule has 2 aromatic rings. The van der Waals surface area contributed by atoms with Crippen LogP contribution in [0.3, 0.4) is 0 Å². The Balaban J connectivity index is 0.00000312. The van der Waals surface area contributed by atoms with E-state index >= 15 is 0 Å². The maximum absolute atomic E-state index is 11.6. The van der Waals surface area contributed by atoms with Crippen molar-refractivity contribution in [3.8, 4) is 11.1 Å². The van der Waals surface area contributed by atoms with Crippen LogP contribution in [-0.4, -0.2) is 28.4 Å². The first-order chi connectivity index (χ1) is 11.4. The largest absolute Gasteiger partial charge is 0.391 e. The standard InChI is InChI=1S/C18H21BrN2O3.CH4/c1-11(20-17(12(2)22)18(23)21-24)13-3-5-14(6-4-13)15-7-9-16(19)10-8-15;/h3-12,17,20,22,24H,1-2H3,(H,21,23);1H4/t11?,12-,17+;/m1./s1. The topological polar surface area (TPSA) is 81.6 Å². The van der Waals surface area contributed by atoms with Crippen LogP contribution in [0.15, 0.2) is 53.0 Å². The smallest absolute Gasteiger partial charge is 0.263 e. The summed E-state index contributed by atoms with van der Waals surface area (Å²) in [5.41, 5.74) is 4.77. The highest BCUT2D eigenvalue weighted by Gasteiger charge is 2.25. The molecule has 0 radical (unpaired) electrons. The number of aliphatic hydroxyl groups excluding tert-OH is 1. The second kappa shape index (κ2) is 9.68. The Hall–Kier alpha value is -1.73. The second-order valence-electron chi connectivity index (χ2n) is 5.71. The molecule has 1 unspecified atom stereocenters. The molecular formula is C19H25BrN2O3. The van der Waals surface area contributed by atoms with Gasteiger partial charge in [0, 0.05) is 10.5 Å². The van der Waals surface area contributed by atoms with E-state index in [0.29, 0.717) is 0 Å². The SMILES string of the molecule is C.CC(N[C@H](C(=O)NO)[C@@H](C)O)c1ccc(-c2ccc(Br)cc2)cc1. The van der Waals surface area contributed by atoms with Crippen molar-refractivity contribution < 1.29 is 15.1 Å². The Morgan fingerprint density at radius 2 is 1.48 bits per heavy atom. The Morgan fingerprint density at radius 3 is 1.92 bits per heavy atom. The first kappa shape index (κ1) is 21.3. The number of rotatable bonds is 6. The molecule has 25 heavy (non-hydrogen) atoms. The molecule has 0 bridgehead atoms. The van der Waals surface area contributed by atoms with Crippen LogP contribution >= 0.6 is 15.9 Å². The molecule has 0 saturated carbocycles. The molecule has 1 amide bonds. The molecule has 6 heteroatoms. The molecule has 0 aromatic heterocycles. The molecule has 0 aliphatic heterocycles. The molecule has 0 aliphatic rings. The van der Waals surface area contributed by atoms with Crippen molar-refractivity contribution in [3.05, 3.63) is 58.6 Å². The number of nitrogens with one attached hydrogen (secondary N) is 2. The van der Waals surface area contributed by atoms with Gasteiger partial charge in [-0.3, -0.25) is 15.3 Å². The van der Waals surface area contributed by atoms with Crippen LogP contribution in [0.25, 0.3) is 11.1 Å². The van der Waals surface area contributed by atoms with E-state index in [4.69, 9.17) is 5.21 Å². The number of benzene rings is 2. The van der Waals surface area contributed by atoms with Gasteiger partial charge in [0.2, 0.25) is 0 Å². The fraction of sp³-hybridized carbons (Fsp3) is 0.316. The van der Waals surface area contributed by atoms with Crippen LogP contribution in [-0.2, 0) is 4.79 Å². The summed E-state index contributed by atoms with van der Waals surface area (Å²) >= 11 is 3.42. The second-order valence-corrected chi connectivity index (χ2v) is 6.63. The minimum atomic E-state index is -0.929. The zero-order valence-corrected chi connectivity index (χ0v) is 15.1. The summed E-state index contributed by atoms with van der Waals surface area (Å²) in [6.45, 7) is 3.39. The maximum Gasteiger partial charge on any atom is 0.263 e. The van der Waals surface area contributed by atoms with E-state index in [-0.39, 0.29) is 13.5 Å². The van der Waals surface area contributed by atoms with Gasteiger partial charge in [-0.15, -0.1) is 0 Å². The Bertz CT molecular complexity index is 672. The number of amides is 1. The average molecular weight is 409 g/mol. The fourth-order valence-corrected chi connectivity index (χ4v) is 2.74. The predicted molar refractivity (Wildman–Crippen MR) is 103 cm³/mol. The van der Waals surface area contributed by atoms with Crippen LogP contribution < -0.4 is 10.8 Å². The van der Waals surface area contributed by atoms with Gasteiger partial charge < -0.3 is 5.11 Å². The van der Waals surface area contributed by atoms with Gasteiger partial charge in [0.05, 0.1) is 6.10 Å². The zero-order valence-electron chi connectivity index (χ0n) is 13.5. The number of carbonyl (C=O) groups is 1. The van der Waals surface area contributed by atoms with Crippen molar-refractivity contribution in [2.45, 2.75) is 39.5 Å². The van der Waals surface area contributed by atoms with Gasteiger partial charge >= 0.3 is 0 Å². The summed E-state index contributed by atoms with van der Waals surface area (Å²) in [6.07, 6.45) is -0.929. The molecule has 0 fully saturated rings. The van der Waals surface area contributed by atoms with E-state index in [9.17, 15) is 9.90 Å².